The minimum absolute atomic E-state index is 0.0504. The van der Waals surface area contributed by atoms with E-state index in [-0.39, 0.29) is 28.4 Å². The monoisotopic (exact) mass is 323 g/mol. The molecule has 2 N–H and O–H groups in total. The molecule has 0 radical (unpaired) electrons. The predicted molar refractivity (Wildman–Crippen MR) is 95.2 cm³/mol. The highest BCUT2D eigenvalue weighted by Gasteiger charge is 2.63. The number of hydrogen-bond donors (Lipinski definition) is 1. The second kappa shape index (κ2) is 5.44. The van der Waals surface area contributed by atoms with Gasteiger partial charge in [0, 0.05) is 16.9 Å². The molecule has 3 heteroatoms. The number of hydrogen-bond acceptors (Lipinski definition) is 2. The molecule has 2 saturated carbocycles. The van der Waals surface area contributed by atoms with Crippen molar-refractivity contribution in [1.29, 1.82) is 0 Å². The van der Waals surface area contributed by atoms with Crippen LogP contribution in [-0.4, -0.2) is 11.7 Å². The Morgan fingerprint density at radius 1 is 1.29 bits per heavy atom. The summed E-state index contributed by atoms with van der Waals surface area (Å²) in [6.45, 7) is 10.3. The number of amides is 1. The summed E-state index contributed by atoms with van der Waals surface area (Å²) < 4.78 is 0. The molecule has 126 valence electrons. The van der Waals surface area contributed by atoms with Crippen molar-refractivity contribution in [3.8, 4) is 0 Å². The SMILES string of the molecule is C=C(C(N)=O)C(C=C1C(=O)C2(C)CCC1C2(C)C)c1ccccc1. The molecule has 0 saturated heterocycles. The van der Waals surface area contributed by atoms with Crippen molar-refractivity contribution in [2.45, 2.75) is 39.5 Å². The molecule has 3 unspecified atom stereocenters. The van der Waals surface area contributed by atoms with E-state index in [1.54, 1.807) is 0 Å². The van der Waals surface area contributed by atoms with Crippen LogP contribution >= 0.6 is 0 Å². The minimum atomic E-state index is -0.526. The lowest BCUT2D eigenvalue weighted by Crippen LogP contribution is -2.32. The number of carbonyl (C=O) groups is 2. The van der Waals surface area contributed by atoms with Gasteiger partial charge in [-0.25, -0.2) is 0 Å². The van der Waals surface area contributed by atoms with Gasteiger partial charge in [-0.3, -0.25) is 9.59 Å². The number of allylic oxidation sites excluding steroid dienone is 2. The average molecular weight is 323 g/mol. The van der Waals surface area contributed by atoms with E-state index in [1.807, 2.05) is 36.4 Å². The van der Waals surface area contributed by atoms with Crippen molar-refractivity contribution >= 4 is 11.7 Å². The summed E-state index contributed by atoms with van der Waals surface area (Å²) in [5.41, 5.74) is 7.24. The van der Waals surface area contributed by atoms with E-state index in [4.69, 9.17) is 5.73 Å². The zero-order valence-corrected chi connectivity index (χ0v) is 14.6. The van der Waals surface area contributed by atoms with Crippen LogP contribution in [0.4, 0.5) is 0 Å². The van der Waals surface area contributed by atoms with Crippen LogP contribution in [0.2, 0.25) is 0 Å². The fraction of sp³-hybridized carbons (Fsp3) is 0.429. The van der Waals surface area contributed by atoms with Crippen LogP contribution < -0.4 is 5.73 Å². The summed E-state index contributed by atoms with van der Waals surface area (Å²) in [6.07, 6.45) is 3.90. The van der Waals surface area contributed by atoms with Crippen molar-refractivity contribution in [3.63, 3.8) is 0 Å². The van der Waals surface area contributed by atoms with Crippen LogP contribution in [0.1, 0.15) is 45.1 Å². The second-order valence-corrected chi connectivity index (χ2v) is 7.87. The average Bonchev–Trinajstić information content (AvgIpc) is 2.86. The van der Waals surface area contributed by atoms with Gasteiger partial charge in [0.1, 0.15) is 0 Å². The lowest BCUT2D eigenvalue weighted by molar-refractivity contribution is -0.125. The Morgan fingerprint density at radius 2 is 1.92 bits per heavy atom. The first-order valence-electron chi connectivity index (χ1n) is 8.50. The van der Waals surface area contributed by atoms with Crippen LogP contribution in [0.5, 0.6) is 0 Å². The van der Waals surface area contributed by atoms with Gasteiger partial charge in [-0.05, 0) is 35.3 Å². The first-order chi connectivity index (χ1) is 11.2. The zero-order chi connectivity index (χ0) is 17.7. The molecule has 3 rings (SSSR count). The molecule has 2 bridgehead atoms. The molecule has 2 aliphatic carbocycles. The number of ketones is 1. The lowest BCUT2D eigenvalue weighted by Gasteiger charge is -2.31. The van der Waals surface area contributed by atoms with Crippen LogP contribution in [0.15, 0.2) is 54.1 Å². The molecular weight excluding hydrogens is 298 g/mol. The normalized spacial score (nSPS) is 30.5. The van der Waals surface area contributed by atoms with Crippen molar-refractivity contribution in [2.24, 2.45) is 22.5 Å². The molecule has 0 heterocycles. The van der Waals surface area contributed by atoms with Crippen LogP contribution in [0.25, 0.3) is 0 Å². The van der Waals surface area contributed by atoms with E-state index in [1.165, 1.54) is 0 Å². The Morgan fingerprint density at radius 3 is 2.42 bits per heavy atom. The van der Waals surface area contributed by atoms with Gasteiger partial charge < -0.3 is 5.73 Å². The summed E-state index contributed by atoms with van der Waals surface area (Å²) in [6, 6.07) is 9.65. The highest BCUT2D eigenvalue weighted by molar-refractivity contribution is 6.05. The van der Waals surface area contributed by atoms with Crippen LogP contribution in [-0.2, 0) is 9.59 Å². The third kappa shape index (κ3) is 2.18. The number of nitrogens with two attached hydrogens (primary N) is 1. The van der Waals surface area contributed by atoms with Crippen molar-refractivity contribution in [3.05, 3.63) is 59.7 Å². The largest absolute Gasteiger partial charge is 0.366 e. The highest BCUT2D eigenvalue weighted by atomic mass is 16.1. The third-order valence-corrected chi connectivity index (χ3v) is 6.56. The zero-order valence-electron chi connectivity index (χ0n) is 14.6. The van der Waals surface area contributed by atoms with E-state index in [0.29, 0.717) is 5.57 Å². The molecule has 1 aromatic rings. The molecule has 2 aliphatic rings. The summed E-state index contributed by atoms with van der Waals surface area (Å²) in [7, 11) is 0. The number of primary amides is 1. The Balaban J connectivity index is 2.08. The molecular formula is C21H25NO2. The smallest absolute Gasteiger partial charge is 0.244 e. The van der Waals surface area contributed by atoms with Gasteiger partial charge in [-0.1, -0.05) is 63.8 Å². The van der Waals surface area contributed by atoms with Gasteiger partial charge >= 0.3 is 0 Å². The van der Waals surface area contributed by atoms with Gasteiger partial charge in [0.05, 0.1) is 0 Å². The van der Waals surface area contributed by atoms with Crippen LogP contribution in [0.3, 0.4) is 0 Å². The van der Waals surface area contributed by atoms with Crippen LogP contribution in [0, 0.1) is 16.7 Å². The quantitative estimate of drug-likeness (QED) is 0.858. The molecule has 1 aromatic carbocycles. The van der Waals surface area contributed by atoms with Crippen molar-refractivity contribution in [2.75, 3.05) is 0 Å². The van der Waals surface area contributed by atoms with E-state index in [0.717, 1.165) is 24.0 Å². The van der Waals surface area contributed by atoms with Gasteiger partial charge in [0.2, 0.25) is 5.91 Å². The maximum absolute atomic E-state index is 13.0. The molecule has 0 spiro atoms. The second-order valence-electron chi connectivity index (χ2n) is 7.87. The maximum Gasteiger partial charge on any atom is 0.244 e. The standard InChI is InChI=1S/C21H25NO2/c1-13(19(22)24)15(14-8-6-5-7-9-14)12-16-17-10-11-21(4,18(16)23)20(17,2)3/h5-9,12,15,17H,1,10-11H2,2-4H3,(H2,22,24). The van der Waals surface area contributed by atoms with E-state index >= 15 is 0 Å². The molecule has 2 fully saturated rings. The highest BCUT2D eigenvalue weighted by Crippen LogP contribution is 2.65. The molecule has 0 aliphatic heterocycles. The molecule has 1 amide bonds. The van der Waals surface area contributed by atoms with E-state index < -0.39 is 5.91 Å². The van der Waals surface area contributed by atoms with Crippen molar-refractivity contribution in [1.82, 2.24) is 0 Å². The number of fused-ring (bicyclic) bond motifs is 2. The third-order valence-electron chi connectivity index (χ3n) is 6.56. The van der Waals surface area contributed by atoms with Gasteiger partial charge in [-0.2, -0.15) is 0 Å². The minimum Gasteiger partial charge on any atom is -0.366 e. The molecule has 0 aromatic heterocycles. The molecule has 24 heavy (non-hydrogen) atoms. The van der Waals surface area contributed by atoms with E-state index in [9.17, 15) is 9.59 Å². The summed E-state index contributed by atoms with van der Waals surface area (Å²) >= 11 is 0. The number of benzene rings is 1. The molecule has 3 atom stereocenters. The number of carbonyl (C=O) groups excluding carboxylic acids is 2. The Labute approximate surface area is 143 Å². The summed E-state index contributed by atoms with van der Waals surface area (Å²) in [4.78, 5) is 24.8. The topological polar surface area (TPSA) is 60.2 Å². The number of rotatable bonds is 4. The summed E-state index contributed by atoms with van der Waals surface area (Å²) in [5.74, 6) is -0.410. The first kappa shape index (κ1) is 16.7. The maximum atomic E-state index is 13.0. The Kier molecular flexibility index (Phi) is 3.78. The fourth-order valence-corrected chi connectivity index (χ4v) is 4.51. The van der Waals surface area contributed by atoms with E-state index in [2.05, 4.69) is 27.4 Å². The lowest BCUT2D eigenvalue weighted by atomic mass is 9.70. The van der Waals surface area contributed by atoms with Crippen molar-refractivity contribution < 1.29 is 9.59 Å². The molecule has 3 nitrogen and oxygen atoms in total. The number of Topliss-reactive ketones (excluding diaryl/α,β-unsaturated/α-hetero) is 1. The summed E-state index contributed by atoms with van der Waals surface area (Å²) in [5, 5.41) is 0. The Hall–Kier alpha value is -2.16. The van der Waals surface area contributed by atoms with Gasteiger partial charge in [0.25, 0.3) is 0 Å². The van der Waals surface area contributed by atoms with Gasteiger partial charge in [-0.15, -0.1) is 0 Å². The fourth-order valence-electron chi connectivity index (χ4n) is 4.51. The first-order valence-corrected chi connectivity index (χ1v) is 8.50. The Bertz CT molecular complexity index is 744. The predicted octanol–water partition coefficient (Wildman–Crippen LogP) is 3.76. The van der Waals surface area contributed by atoms with Gasteiger partial charge in [0.15, 0.2) is 5.78 Å².